The summed E-state index contributed by atoms with van der Waals surface area (Å²) in [6.07, 6.45) is 13.9. The first-order valence-electron chi connectivity index (χ1n) is 13.5. The lowest BCUT2D eigenvalue weighted by atomic mass is 9.32. The second-order valence-electron chi connectivity index (χ2n) is 14.4. The Kier molecular flexibility index (Phi) is 4.66. The smallest absolute Gasteiger partial charge is 0.155 e. The largest absolute Gasteiger partial charge is 0.295 e. The zero-order valence-electron chi connectivity index (χ0n) is 21.7. The standard InChI is InChI=1S/C30H48O/c1-19(2)22-9-10-23-27(22,5)13-15-30(8)24-11-12-26(4)20(3)17-21(31)18-25(26)28(24,6)14-16-29(23,30)7/h17,19,22-25H,9-16,18H2,1-8H3/t22-,23-,24-,25-,26-,27-,28-,29+,30-/m1/s1. The highest BCUT2D eigenvalue weighted by Gasteiger charge is 2.71. The molecule has 0 aromatic heterocycles. The number of carbonyl (C=O) groups is 1. The molecule has 0 radical (unpaired) electrons. The van der Waals surface area contributed by atoms with Gasteiger partial charge in [0.2, 0.25) is 0 Å². The molecule has 0 aromatic rings. The summed E-state index contributed by atoms with van der Waals surface area (Å²) < 4.78 is 0. The van der Waals surface area contributed by atoms with Gasteiger partial charge in [-0.2, -0.15) is 0 Å². The molecule has 31 heavy (non-hydrogen) atoms. The van der Waals surface area contributed by atoms with E-state index in [0.29, 0.717) is 33.4 Å². The highest BCUT2D eigenvalue weighted by atomic mass is 16.1. The Balaban J connectivity index is 1.55. The quantitative estimate of drug-likeness (QED) is 0.414. The molecule has 0 heterocycles. The predicted molar refractivity (Wildman–Crippen MR) is 130 cm³/mol. The van der Waals surface area contributed by atoms with Gasteiger partial charge in [0.1, 0.15) is 0 Å². The highest BCUT2D eigenvalue weighted by molar-refractivity contribution is 5.92. The molecule has 0 unspecified atom stereocenters. The minimum atomic E-state index is 0.239. The molecule has 5 aliphatic rings. The van der Waals surface area contributed by atoms with Crippen molar-refractivity contribution in [1.82, 2.24) is 0 Å². The van der Waals surface area contributed by atoms with Gasteiger partial charge in [0, 0.05) is 6.42 Å². The van der Waals surface area contributed by atoms with Gasteiger partial charge in [-0.25, -0.2) is 0 Å². The first-order valence-corrected chi connectivity index (χ1v) is 13.5. The predicted octanol–water partition coefficient (Wildman–Crippen LogP) is 8.23. The normalized spacial score (nSPS) is 56.4. The van der Waals surface area contributed by atoms with E-state index in [1.54, 1.807) is 0 Å². The average Bonchev–Trinajstić information content (AvgIpc) is 3.04. The Labute approximate surface area is 192 Å². The van der Waals surface area contributed by atoms with Gasteiger partial charge in [0.15, 0.2) is 5.78 Å². The Morgan fingerprint density at radius 2 is 1.35 bits per heavy atom. The number of ketones is 1. The van der Waals surface area contributed by atoms with E-state index < -0.39 is 0 Å². The van der Waals surface area contributed by atoms with Crippen LogP contribution in [0.3, 0.4) is 0 Å². The minimum Gasteiger partial charge on any atom is -0.295 e. The molecule has 5 rings (SSSR count). The Bertz CT molecular complexity index is 822. The lowest BCUT2D eigenvalue weighted by molar-refractivity contribution is -0.234. The fourth-order valence-electron chi connectivity index (χ4n) is 11.4. The minimum absolute atomic E-state index is 0.239. The van der Waals surface area contributed by atoms with E-state index in [-0.39, 0.29) is 5.41 Å². The molecule has 0 spiro atoms. The molecule has 0 aromatic carbocycles. The van der Waals surface area contributed by atoms with Gasteiger partial charge in [-0.05, 0) is 121 Å². The summed E-state index contributed by atoms with van der Waals surface area (Å²) >= 11 is 0. The van der Waals surface area contributed by atoms with Gasteiger partial charge >= 0.3 is 0 Å². The van der Waals surface area contributed by atoms with Gasteiger partial charge in [-0.15, -0.1) is 0 Å². The summed E-state index contributed by atoms with van der Waals surface area (Å²) in [5.41, 5.74) is 3.36. The lowest BCUT2D eigenvalue weighted by Gasteiger charge is -2.73. The summed E-state index contributed by atoms with van der Waals surface area (Å²) in [5, 5.41) is 0. The van der Waals surface area contributed by atoms with Crippen molar-refractivity contribution < 1.29 is 4.79 Å². The first kappa shape index (κ1) is 22.2. The van der Waals surface area contributed by atoms with E-state index in [4.69, 9.17) is 0 Å². The van der Waals surface area contributed by atoms with Crippen LogP contribution in [-0.4, -0.2) is 5.78 Å². The molecule has 0 bridgehead atoms. The van der Waals surface area contributed by atoms with Crippen molar-refractivity contribution in [3.05, 3.63) is 11.6 Å². The van der Waals surface area contributed by atoms with Crippen LogP contribution >= 0.6 is 0 Å². The molecule has 5 aliphatic carbocycles. The third-order valence-electron chi connectivity index (χ3n) is 13.4. The third-order valence-corrected chi connectivity index (χ3v) is 13.4. The molecule has 1 nitrogen and oxygen atoms in total. The van der Waals surface area contributed by atoms with Crippen molar-refractivity contribution in [1.29, 1.82) is 0 Å². The van der Waals surface area contributed by atoms with Crippen LogP contribution in [0.2, 0.25) is 0 Å². The summed E-state index contributed by atoms with van der Waals surface area (Å²) in [4.78, 5) is 12.7. The molecule has 4 fully saturated rings. The van der Waals surface area contributed by atoms with Crippen LogP contribution in [0, 0.1) is 56.7 Å². The van der Waals surface area contributed by atoms with Gasteiger partial charge in [-0.1, -0.05) is 54.0 Å². The highest BCUT2D eigenvalue weighted by Crippen LogP contribution is 2.78. The van der Waals surface area contributed by atoms with Crippen LogP contribution in [0.25, 0.3) is 0 Å². The zero-order valence-corrected chi connectivity index (χ0v) is 21.7. The fraction of sp³-hybridized carbons (Fsp3) is 0.900. The van der Waals surface area contributed by atoms with E-state index in [0.717, 1.165) is 30.1 Å². The number of carbonyl (C=O) groups excluding carboxylic acids is 1. The molecular formula is C30H48O. The van der Waals surface area contributed by atoms with Crippen LogP contribution in [0.15, 0.2) is 11.6 Å². The fourth-order valence-corrected chi connectivity index (χ4v) is 11.4. The molecular weight excluding hydrogens is 376 g/mol. The third kappa shape index (κ3) is 2.53. The van der Waals surface area contributed by atoms with Gasteiger partial charge < -0.3 is 0 Å². The monoisotopic (exact) mass is 424 g/mol. The van der Waals surface area contributed by atoms with Gasteiger partial charge in [0.05, 0.1) is 0 Å². The summed E-state index contributed by atoms with van der Waals surface area (Å²) in [6, 6.07) is 0. The van der Waals surface area contributed by atoms with Crippen molar-refractivity contribution in [2.75, 3.05) is 0 Å². The van der Waals surface area contributed by atoms with E-state index in [1.807, 2.05) is 6.08 Å². The van der Waals surface area contributed by atoms with E-state index in [2.05, 4.69) is 55.4 Å². The number of rotatable bonds is 1. The van der Waals surface area contributed by atoms with Crippen LogP contribution in [0.4, 0.5) is 0 Å². The van der Waals surface area contributed by atoms with Crippen LogP contribution in [0.1, 0.15) is 113 Å². The second-order valence-corrected chi connectivity index (χ2v) is 14.4. The summed E-state index contributed by atoms with van der Waals surface area (Å²) in [6.45, 7) is 20.4. The SMILES string of the molecule is CC1=CC(=O)C[C@H]2[C@]3(C)CC[C@@]4(C)[C@@H]5CC[C@H](C(C)C)[C@@]5(C)CC[C@]4(C)[C@@H]3CC[C@]12C. The zero-order chi connectivity index (χ0) is 22.6. The molecule has 0 saturated heterocycles. The molecule has 9 atom stereocenters. The summed E-state index contributed by atoms with van der Waals surface area (Å²) in [5.74, 6) is 4.32. The first-order chi connectivity index (χ1) is 14.3. The van der Waals surface area contributed by atoms with E-state index in [9.17, 15) is 4.79 Å². The molecule has 0 amide bonds. The van der Waals surface area contributed by atoms with Crippen molar-refractivity contribution >= 4 is 5.78 Å². The van der Waals surface area contributed by atoms with Crippen LogP contribution in [-0.2, 0) is 4.79 Å². The second kappa shape index (κ2) is 6.50. The number of allylic oxidation sites excluding steroid dienone is 2. The number of fused-ring (bicyclic) bond motifs is 7. The number of hydrogen-bond donors (Lipinski definition) is 0. The maximum atomic E-state index is 12.7. The maximum Gasteiger partial charge on any atom is 0.155 e. The van der Waals surface area contributed by atoms with Crippen LogP contribution in [0.5, 0.6) is 0 Å². The Hall–Kier alpha value is -0.590. The molecule has 174 valence electrons. The maximum absolute atomic E-state index is 12.7. The lowest BCUT2D eigenvalue weighted by Crippen LogP contribution is -2.66. The van der Waals surface area contributed by atoms with E-state index >= 15 is 0 Å². The number of hydrogen-bond acceptors (Lipinski definition) is 1. The average molecular weight is 425 g/mol. The summed E-state index contributed by atoms with van der Waals surface area (Å²) in [7, 11) is 0. The van der Waals surface area contributed by atoms with Crippen molar-refractivity contribution in [3.8, 4) is 0 Å². The topological polar surface area (TPSA) is 17.1 Å². The Morgan fingerprint density at radius 3 is 1.97 bits per heavy atom. The molecule has 0 aliphatic heterocycles. The van der Waals surface area contributed by atoms with E-state index in [1.165, 1.54) is 56.9 Å². The molecule has 1 heteroatoms. The van der Waals surface area contributed by atoms with Crippen molar-refractivity contribution in [2.45, 2.75) is 113 Å². The van der Waals surface area contributed by atoms with Gasteiger partial charge in [0.25, 0.3) is 0 Å². The molecule has 4 saturated carbocycles. The van der Waals surface area contributed by atoms with Gasteiger partial charge in [-0.3, -0.25) is 4.79 Å². The van der Waals surface area contributed by atoms with Crippen molar-refractivity contribution in [3.63, 3.8) is 0 Å². The Morgan fingerprint density at radius 1 is 0.774 bits per heavy atom. The molecule has 0 N–H and O–H groups in total. The van der Waals surface area contributed by atoms with Crippen molar-refractivity contribution in [2.24, 2.45) is 56.7 Å². The van der Waals surface area contributed by atoms with Crippen LogP contribution < -0.4 is 0 Å².